The lowest BCUT2D eigenvalue weighted by Crippen LogP contribution is -2.27. The summed E-state index contributed by atoms with van der Waals surface area (Å²) in [4.78, 5) is 48.4. The summed E-state index contributed by atoms with van der Waals surface area (Å²) < 4.78 is 48.6. The number of aliphatic hydroxyl groups excluding tert-OH is 2. The fourth-order valence-corrected chi connectivity index (χ4v) is 5.12. The highest BCUT2D eigenvalue weighted by molar-refractivity contribution is 7.52. The van der Waals surface area contributed by atoms with Gasteiger partial charge >= 0.3 is 31.5 Å². The van der Waals surface area contributed by atoms with Crippen molar-refractivity contribution >= 4 is 31.5 Å². The van der Waals surface area contributed by atoms with E-state index in [2.05, 4.69) is 0 Å². The first-order chi connectivity index (χ1) is 25.4. The van der Waals surface area contributed by atoms with Gasteiger partial charge in [0.25, 0.3) is 0 Å². The van der Waals surface area contributed by atoms with Crippen LogP contribution < -0.4 is 0 Å². The molecule has 2 aromatic carbocycles. The zero-order valence-corrected chi connectivity index (χ0v) is 35.1. The number of methoxy groups -OCH3 is 1. The predicted molar refractivity (Wildman–Crippen MR) is 220 cm³/mol. The average Bonchev–Trinajstić information content (AvgIpc) is 3.14. The maximum Gasteiger partial charge on any atom is 0.338 e. The van der Waals surface area contributed by atoms with Crippen molar-refractivity contribution in [3.05, 3.63) is 70.8 Å². The van der Waals surface area contributed by atoms with Gasteiger partial charge in [0.15, 0.2) is 0 Å². The van der Waals surface area contributed by atoms with E-state index in [1.54, 1.807) is 41.7 Å². The summed E-state index contributed by atoms with van der Waals surface area (Å²) in [6.45, 7) is 19.0. The number of benzene rings is 2. The topological polar surface area (TPSA) is 190 Å². The molecule has 0 fully saturated rings. The van der Waals surface area contributed by atoms with Gasteiger partial charge in [0, 0.05) is 35.4 Å². The number of carbonyl (C=O) groups is 4. The van der Waals surface area contributed by atoms with Crippen LogP contribution in [0.4, 0.5) is 0 Å². The first kappa shape index (κ1) is 55.4. The van der Waals surface area contributed by atoms with Crippen LogP contribution in [0.2, 0.25) is 0 Å². The van der Waals surface area contributed by atoms with Gasteiger partial charge in [-0.2, -0.15) is 0 Å². The Kier molecular flexibility index (Phi) is 24.3. The molecule has 0 heterocycles. The van der Waals surface area contributed by atoms with Crippen LogP contribution >= 0.6 is 7.60 Å². The zero-order valence-electron chi connectivity index (χ0n) is 34.2. The van der Waals surface area contributed by atoms with Gasteiger partial charge in [-0.15, -0.1) is 0 Å². The normalized spacial score (nSPS) is 12.6. The van der Waals surface area contributed by atoms with Crippen molar-refractivity contribution in [2.24, 2.45) is 21.7 Å². The van der Waals surface area contributed by atoms with Gasteiger partial charge in [-0.25, -0.2) is 19.2 Å². The van der Waals surface area contributed by atoms with Crippen LogP contribution in [0.25, 0.3) is 0 Å². The van der Waals surface area contributed by atoms with Gasteiger partial charge in [0.1, 0.15) is 0 Å². The lowest BCUT2D eigenvalue weighted by Gasteiger charge is -2.25. The average molecular weight is 829 g/mol. The van der Waals surface area contributed by atoms with E-state index < -0.39 is 47.7 Å². The summed E-state index contributed by atoms with van der Waals surface area (Å²) in [5, 5.41) is 18.3. The van der Waals surface area contributed by atoms with Crippen LogP contribution in [0.15, 0.2) is 48.5 Å². The third-order valence-corrected chi connectivity index (χ3v) is 8.86. The van der Waals surface area contributed by atoms with Gasteiger partial charge in [-0.05, 0) is 55.5 Å². The standard InChI is InChI=1S/C22H35O8P.C18H26O6.2CH4/c1-8-29-31(7,25)30-16-22(4,5)15-28-20(24)18-11-9-17(10-12-18)19(23)27-14-21(2,3)13-26-6;1-17(2,9-19)11-23-15(21)13-5-7-14(8-6-13)16(22)24-12-18(3,4)10-20;;/h9-12H,8,13-16H2,1-7H3;5-8,19-20H,9-12H2,1-4H3;2*1H4. The second-order valence-electron chi connectivity index (χ2n) is 16.3. The molecule has 0 aliphatic rings. The molecule has 1 unspecified atom stereocenters. The van der Waals surface area contributed by atoms with Crippen LogP contribution in [0.5, 0.6) is 0 Å². The Morgan fingerprint density at radius 1 is 0.509 bits per heavy atom. The fraction of sp³-hybridized carbons (Fsp3) is 0.619. The lowest BCUT2D eigenvalue weighted by molar-refractivity contribution is 0.0134. The van der Waals surface area contributed by atoms with Crippen LogP contribution in [0.1, 0.15) is 119 Å². The molecule has 2 rings (SSSR count). The number of ether oxygens (including phenoxy) is 5. The van der Waals surface area contributed by atoms with E-state index >= 15 is 0 Å². The maximum atomic E-state index is 12.3. The molecule has 0 aromatic heterocycles. The van der Waals surface area contributed by atoms with Crippen molar-refractivity contribution in [3.63, 3.8) is 0 Å². The highest BCUT2D eigenvalue weighted by Gasteiger charge is 2.27. The van der Waals surface area contributed by atoms with Gasteiger partial charge in [-0.3, -0.25) is 4.57 Å². The van der Waals surface area contributed by atoms with E-state index in [1.807, 2.05) is 27.7 Å². The molecule has 0 aliphatic carbocycles. The van der Waals surface area contributed by atoms with Crippen LogP contribution in [-0.4, -0.2) is 107 Å². The molecule has 14 nitrogen and oxygen atoms in total. The summed E-state index contributed by atoms with van der Waals surface area (Å²) in [5.74, 6) is -2.03. The first-order valence-electron chi connectivity index (χ1n) is 17.9. The van der Waals surface area contributed by atoms with Gasteiger partial charge in [0.2, 0.25) is 0 Å². The lowest BCUT2D eigenvalue weighted by atomic mass is 9.96. The number of aliphatic hydroxyl groups is 2. The number of carbonyl (C=O) groups excluding carboxylic acids is 4. The first-order valence-corrected chi connectivity index (χ1v) is 19.9. The van der Waals surface area contributed by atoms with Crippen molar-refractivity contribution in [1.29, 1.82) is 0 Å². The highest BCUT2D eigenvalue weighted by atomic mass is 31.2. The molecular weight excluding hydrogens is 759 g/mol. The summed E-state index contributed by atoms with van der Waals surface area (Å²) >= 11 is 0. The quantitative estimate of drug-likeness (QED) is 0.0702. The van der Waals surface area contributed by atoms with Gasteiger partial charge < -0.3 is 42.9 Å². The summed E-state index contributed by atoms with van der Waals surface area (Å²) in [6, 6.07) is 12.0. The van der Waals surface area contributed by atoms with E-state index in [-0.39, 0.29) is 73.1 Å². The third kappa shape index (κ3) is 22.2. The van der Waals surface area contributed by atoms with Crippen molar-refractivity contribution in [2.75, 3.05) is 73.2 Å². The Labute approximate surface area is 340 Å². The molecule has 326 valence electrons. The minimum Gasteiger partial charge on any atom is -0.461 e. The molecule has 0 radical (unpaired) electrons. The molecule has 0 spiro atoms. The molecule has 0 saturated carbocycles. The molecule has 0 amide bonds. The molecule has 57 heavy (non-hydrogen) atoms. The van der Waals surface area contributed by atoms with E-state index in [9.17, 15) is 23.7 Å². The summed E-state index contributed by atoms with van der Waals surface area (Å²) in [6.07, 6.45) is 0. The Morgan fingerprint density at radius 3 is 1.02 bits per heavy atom. The maximum absolute atomic E-state index is 12.3. The molecule has 0 bridgehead atoms. The molecule has 1 atom stereocenters. The Morgan fingerprint density at radius 2 is 0.772 bits per heavy atom. The predicted octanol–water partition coefficient (Wildman–Crippen LogP) is 7.88. The largest absolute Gasteiger partial charge is 0.461 e. The number of rotatable bonds is 21. The SMILES string of the molecule is C.C.CC(C)(CO)COC(=O)c1ccc(C(=O)OCC(C)(C)CO)cc1.CCOP(C)(=O)OCC(C)(C)COC(=O)c1ccc(C(=O)OCC(C)(C)COC)cc1. The van der Waals surface area contributed by atoms with Crippen molar-refractivity contribution < 1.29 is 66.7 Å². The van der Waals surface area contributed by atoms with E-state index in [0.29, 0.717) is 28.9 Å². The van der Waals surface area contributed by atoms with E-state index in [4.69, 9.17) is 42.9 Å². The second-order valence-corrected chi connectivity index (χ2v) is 18.4. The minimum atomic E-state index is -3.12. The zero-order chi connectivity index (χ0) is 42.1. The van der Waals surface area contributed by atoms with Crippen molar-refractivity contribution in [1.82, 2.24) is 0 Å². The summed E-state index contributed by atoms with van der Waals surface area (Å²) in [7, 11) is -1.53. The van der Waals surface area contributed by atoms with E-state index in [1.165, 1.54) is 55.2 Å². The minimum absolute atomic E-state index is 0. The molecular formula is C42H69O14P. The smallest absolute Gasteiger partial charge is 0.338 e. The number of esters is 4. The molecule has 2 N–H and O–H groups in total. The Balaban J connectivity index is 0. The van der Waals surface area contributed by atoms with Crippen molar-refractivity contribution in [2.45, 2.75) is 77.2 Å². The van der Waals surface area contributed by atoms with Crippen LogP contribution in [0, 0.1) is 21.7 Å². The van der Waals surface area contributed by atoms with E-state index in [0.717, 1.165) is 0 Å². The number of hydrogen-bond acceptors (Lipinski definition) is 14. The summed E-state index contributed by atoms with van der Waals surface area (Å²) in [5.41, 5.74) is -0.572. The molecule has 2 aromatic rings. The van der Waals surface area contributed by atoms with Gasteiger partial charge in [0.05, 0.1) is 81.7 Å². The van der Waals surface area contributed by atoms with Crippen molar-refractivity contribution in [3.8, 4) is 0 Å². The number of hydrogen-bond donors (Lipinski definition) is 2. The molecule has 15 heteroatoms. The third-order valence-electron chi connectivity index (χ3n) is 7.53. The monoisotopic (exact) mass is 828 g/mol. The second kappa shape index (κ2) is 25.0. The molecule has 0 saturated heterocycles. The Hall–Kier alpha value is -3.65. The highest BCUT2D eigenvalue weighted by Crippen LogP contribution is 2.45. The van der Waals surface area contributed by atoms with Crippen LogP contribution in [-0.2, 0) is 37.3 Å². The fourth-order valence-electron chi connectivity index (χ4n) is 3.99. The Bertz CT molecular complexity index is 1510. The van der Waals surface area contributed by atoms with Gasteiger partial charge in [-0.1, -0.05) is 70.2 Å². The molecule has 0 aliphatic heterocycles. The van der Waals surface area contributed by atoms with Crippen LogP contribution in [0.3, 0.4) is 0 Å².